The van der Waals surface area contributed by atoms with E-state index < -0.39 is 0 Å². The summed E-state index contributed by atoms with van der Waals surface area (Å²) in [7, 11) is 0. The van der Waals surface area contributed by atoms with E-state index >= 15 is 0 Å². The van der Waals surface area contributed by atoms with Gasteiger partial charge in [0.25, 0.3) is 0 Å². The van der Waals surface area contributed by atoms with Gasteiger partial charge in [-0.15, -0.1) is 0 Å². The Hall–Kier alpha value is 0.532. The molecule has 0 aliphatic rings. The number of rotatable bonds is 7. The van der Waals surface area contributed by atoms with Crippen molar-refractivity contribution in [2.45, 2.75) is 63.6 Å². The van der Waals surface area contributed by atoms with Crippen molar-refractivity contribution in [2.75, 3.05) is 0 Å². The summed E-state index contributed by atoms with van der Waals surface area (Å²) in [6, 6.07) is 0. The lowest BCUT2D eigenvalue weighted by Gasteiger charge is -2.08. The van der Waals surface area contributed by atoms with E-state index in [-0.39, 0.29) is 0 Å². The van der Waals surface area contributed by atoms with Crippen molar-refractivity contribution in [1.29, 1.82) is 0 Å². The largest absolute Gasteiger partial charge is 0.216 e. The zero-order chi connectivity index (χ0) is 8.53. The molecule has 0 amide bonds. The number of hydrogen-bond donors (Lipinski definition) is 0. The van der Waals surface area contributed by atoms with Crippen molar-refractivity contribution in [2.24, 2.45) is 0 Å². The monoisotopic (exact) mass is 170 g/mol. The van der Waals surface area contributed by atoms with Gasteiger partial charge in [-0.25, -0.2) is 0 Å². The molecule has 0 rings (SSSR count). The van der Waals surface area contributed by atoms with Gasteiger partial charge in [0.15, 0.2) is 0 Å². The Kier molecular flexibility index (Phi) is 9.05. The summed E-state index contributed by atoms with van der Waals surface area (Å²) in [4.78, 5) is 0. The van der Waals surface area contributed by atoms with Crippen molar-refractivity contribution in [3.05, 3.63) is 0 Å². The molecule has 1 atom stereocenters. The highest BCUT2D eigenvalue weighted by molar-refractivity contribution is 6.11. The van der Waals surface area contributed by atoms with E-state index in [4.69, 9.17) is 0 Å². The van der Waals surface area contributed by atoms with Crippen LogP contribution in [0.1, 0.15) is 58.8 Å². The summed E-state index contributed by atoms with van der Waals surface area (Å²) in [6.07, 6.45) is 10.2. The molecule has 0 nitrogen and oxygen atoms in total. The van der Waals surface area contributed by atoms with Crippen molar-refractivity contribution in [1.82, 2.24) is 0 Å². The molecule has 0 saturated heterocycles. The van der Waals surface area contributed by atoms with Crippen molar-refractivity contribution < 1.29 is 0 Å². The summed E-state index contributed by atoms with van der Waals surface area (Å²) in [6.45, 7) is 4.58. The molecule has 0 aromatic heterocycles. The summed E-state index contributed by atoms with van der Waals surface area (Å²) >= 11 is 1.42. The van der Waals surface area contributed by atoms with Gasteiger partial charge in [0.2, 0.25) is 16.3 Å². The highest BCUT2D eigenvalue weighted by Crippen LogP contribution is 2.17. The standard InChI is InChI=1S/C10H21.Al.2H/c1-3-5-7-9-10-8-6-4-2;;;/h7H,3-6,8-10H2,1-2H3;;;. The third kappa shape index (κ3) is 8.44. The Morgan fingerprint density at radius 1 is 0.909 bits per heavy atom. The summed E-state index contributed by atoms with van der Waals surface area (Å²) in [5.41, 5.74) is 0. The molecule has 1 unspecified atom stereocenters. The van der Waals surface area contributed by atoms with Crippen LogP contribution in [-0.2, 0) is 0 Å². The second kappa shape index (κ2) is 8.63. The first-order valence-corrected chi connectivity index (χ1v) is 6.46. The summed E-state index contributed by atoms with van der Waals surface area (Å²) < 4.78 is 1.11. The van der Waals surface area contributed by atoms with Crippen LogP contribution in [0, 0.1) is 0 Å². The van der Waals surface area contributed by atoms with Crippen LogP contribution >= 0.6 is 0 Å². The predicted molar refractivity (Wildman–Crippen MR) is 56.0 cm³/mol. The maximum absolute atomic E-state index is 2.30. The van der Waals surface area contributed by atoms with Gasteiger partial charge in [0, 0.05) is 0 Å². The first-order valence-electron chi connectivity index (χ1n) is 5.31. The number of hydrogen-bond acceptors (Lipinski definition) is 0. The van der Waals surface area contributed by atoms with E-state index in [1.807, 2.05) is 0 Å². The summed E-state index contributed by atoms with van der Waals surface area (Å²) in [5, 5.41) is 0. The smallest absolute Gasteiger partial charge is 0.0902 e. The molecule has 0 saturated carbocycles. The van der Waals surface area contributed by atoms with E-state index in [2.05, 4.69) is 13.8 Å². The fourth-order valence-corrected chi connectivity index (χ4v) is 2.54. The van der Waals surface area contributed by atoms with Crippen LogP contribution in [0.3, 0.4) is 0 Å². The lowest BCUT2D eigenvalue weighted by Crippen LogP contribution is -1.91. The molecule has 11 heavy (non-hydrogen) atoms. The molecule has 0 aromatic rings. The average molecular weight is 170 g/mol. The van der Waals surface area contributed by atoms with Crippen LogP contribution in [0.15, 0.2) is 0 Å². The van der Waals surface area contributed by atoms with Gasteiger partial charge >= 0.3 is 0 Å². The van der Waals surface area contributed by atoms with E-state index in [1.165, 1.54) is 61.2 Å². The Balaban J connectivity index is 2.97. The topological polar surface area (TPSA) is 0 Å². The van der Waals surface area contributed by atoms with Crippen LogP contribution in [0.4, 0.5) is 0 Å². The molecular formula is C10H23Al. The highest BCUT2D eigenvalue weighted by atomic mass is 27.0. The predicted octanol–water partition coefficient (Wildman–Crippen LogP) is 3.18. The SMILES string of the molecule is CCCCCC[CH]([AlH2])CCC. The van der Waals surface area contributed by atoms with Gasteiger partial charge in [-0.3, -0.25) is 0 Å². The van der Waals surface area contributed by atoms with E-state index in [0.29, 0.717) is 0 Å². The van der Waals surface area contributed by atoms with Crippen LogP contribution < -0.4 is 0 Å². The molecule has 0 bridgehead atoms. The lowest BCUT2D eigenvalue weighted by atomic mass is 10.1. The lowest BCUT2D eigenvalue weighted by molar-refractivity contribution is 0.584. The van der Waals surface area contributed by atoms with E-state index in [9.17, 15) is 0 Å². The van der Waals surface area contributed by atoms with Gasteiger partial charge < -0.3 is 0 Å². The zero-order valence-corrected chi connectivity index (χ0v) is 10.5. The molecule has 0 fully saturated rings. The molecule has 66 valence electrons. The van der Waals surface area contributed by atoms with Gasteiger partial charge in [-0.05, 0) is 0 Å². The maximum atomic E-state index is 2.30. The van der Waals surface area contributed by atoms with Crippen molar-refractivity contribution in [3.63, 3.8) is 0 Å². The normalized spacial score (nSPS) is 13.3. The Bertz CT molecular complexity index is 71.3. The van der Waals surface area contributed by atoms with Crippen molar-refractivity contribution >= 4 is 16.3 Å². The quantitative estimate of drug-likeness (QED) is 0.406. The highest BCUT2D eigenvalue weighted by Gasteiger charge is 1.99. The Morgan fingerprint density at radius 2 is 1.64 bits per heavy atom. The second-order valence-corrected chi connectivity index (χ2v) is 5.38. The zero-order valence-electron chi connectivity index (χ0n) is 8.53. The van der Waals surface area contributed by atoms with E-state index in [0.717, 1.165) is 4.78 Å². The van der Waals surface area contributed by atoms with Gasteiger partial charge in [-0.2, -0.15) is 0 Å². The van der Waals surface area contributed by atoms with Gasteiger partial charge in [0.05, 0.1) is 0 Å². The van der Waals surface area contributed by atoms with Gasteiger partial charge in [0.1, 0.15) is 0 Å². The molecule has 0 radical (unpaired) electrons. The fraction of sp³-hybridized carbons (Fsp3) is 1.00. The molecule has 0 heterocycles. The average Bonchev–Trinajstić information content (AvgIpc) is 1.99. The molecule has 0 aliphatic heterocycles. The maximum Gasteiger partial charge on any atom is 0.216 e. The molecular weight excluding hydrogens is 147 g/mol. The minimum Gasteiger partial charge on any atom is -0.0902 e. The molecule has 0 N–H and O–H groups in total. The molecule has 0 spiro atoms. The molecule has 0 aliphatic carbocycles. The molecule has 1 heteroatoms. The Labute approximate surface area is 80.2 Å². The van der Waals surface area contributed by atoms with Crippen molar-refractivity contribution in [3.8, 4) is 0 Å². The summed E-state index contributed by atoms with van der Waals surface area (Å²) in [5.74, 6) is 0. The Morgan fingerprint density at radius 3 is 2.18 bits per heavy atom. The van der Waals surface area contributed by atoms with Crippen LogP contribution in [0.5, 0.6) is 0 Å². The third-order valence-electron chi connectivity index (χ3n) is 2.33. The first kappa shape index (κ1) is 11.5. The minimum absolute atomic E-state index is 1.11. The first-order chi connectivity index (χ1) is 5.31. The van der Waals surface area contributed by atoms with Crippen LogP contribution in [0.25, 0.3) is 0 Å². The van der Waals surface area contributed by atoms with E-state index in [1.54, 1.807) is 0 Å². The van der Waals surface area contributed by atoms with Gasteiger partial charge in [-0.1, -0.05) is 63.6 Å². The van der Waals surface area contributed by atoms with Crippen LogP contribution in [-0.4, -0.2) is 16.3 Å². The second-order valence-electron chi connectivity index (χ2n) is 3.74. The number of unbranched alkanes of at least 4 members (excludes halogenated alkanes) is 3. The van der Waals surface area contributed by atoms with Crippen LogP contribution in [0.2, 0.25) is 4.78 Å². The third-order valence-corrected chi connectivity index (χ3v) is 3.49. The molecule has 0 aromatic carbocycles. The minimum atomic E-state index is 1.11. The fourth-order valence-electron chi connectivity index (χ4n) is 1.56.